The van der Waals surface area contributed by atoms with Gasteiger partial charge in [0.25, 0.3) is 0 Å². The smallest absolute Gasteiger partial charge is 0.340 e. The first-order chi connectivity index (χ1) is 10.7. The molecule has 0 aliphatic heterocycles. The lowest BCUT2D eigenvalue weighted by atomic mass is 10.1. The lowest BCUT2D eigenvalue weighted by Gasteiger charge is -2.05. The van der Waals surface area contributed by atoms with E-state index in [1.54, 1.807) is 0 Å². The van der Waals surface area contributed by atoms with E-state index in [-0.39, 0.29) is 12.6 Å². The van der Waals surface area contributed by atoms with Gasteiger partial charge in [-0.25, -0.2) is 4.79 Å². The van der Waals surface area contributed by atoms with Gasteiger partial charge >= 0.3 is 5.97 Å². The van der Waals surface area contributed by atoms with Gasteiger partial charge in [0.1, 0.15) is 6.61 Å². The van der Waals surface area contributed by atoms with Crippen LogP contribution < -0.4 is 5.73 Å². The molecule has 0 atom stereocenters. The first-order valence-corrected chi connectivity index (χ1v) is 7.21. The molecule has 1 heterocycles. The average molecular weight is 294 g/mol. The number of aromatic amines is 1. The topological polar surface area (TPSA) is 68.1 Å². The SMILES string of the molecule is Cc1[nH]c2ccc(CN)cc2c1C(=O)OCc1ccccc1. The number of aryl methyl sites for hydroxylation is 1. The molecular formula is C18H18N2O2. The molecule has 0 saturated heterocycles. The number of hydrogen-bond donors (Lipinski definition) is 2. The Morgan fingerprint density at radius 2 is 1.91 bits per heavy atom. The monoisotopic (exact) mass is 294 g/mol. The fraction of sp³-hybridized carbons (Fsp3) is 0.167. The Kier molecular flexibility index (Phi) is 3.94. The van der Waals surface area contributed by atoms with Crippen LogP contribution in [0.4, 0.5) is 0 Å². The summed E-state index contributed by atoms with van der Waals surface area (Å²) in [5.74, 6) is -0.318. The molecule has 3 rings (SSSR count). The molecule has 0 unspecified atom stereocenters. The molecule has 0 bridgehead atoms. The normalized spacial score (nSPS) is 10.8. The molecule has 4 heteroatoms. The molecule has 2 aromatic carbocycles. The predicted molar refractivity (Wildman–Crippen MR) is 86.5 cm³/mol. The summed E-state index contributed by atoms with van der Waals surface area (Å²) in [7, 11) is 0. The number of nitrogens with two attached hydrogens (primary N) is 1. The Morgan fingerprint density at radius 1 is 1.14 bits per heavy atom. The number of H-pyrrole nitrogens is 1. The number of benzene rings is 2. The fourth-order valence-corrected chi connectivity index (χ4v) is 2.56. The number of ether oxygens (including phenoxy) is 1. The lowest BCUT2D eigenvalue weighted by Crippen LogP contribution is -2.06. The molecule has 0 amide bonds. The van der Waals surface area contributed by atoms with Gasteiger partial charge in [-0.1, -0.05) is 36.4 Å². The number of rotatable bonds is 4. The Labute approximate surface area is 128 Å². The van der Waals surface area contributed by atoms with Gasteiger partial charge < -0.3 is 15.5 Å². The van der Waals surface area contributed by atoms with Crippen molar-refractivity contribution in [1.29, 1.82) is 0 Å². The summed E-state index contributed by atoms with van der Waals surface area (Å²) in [6.07, 6.45) is 0. The highest BCUT2D eigenvalue weighted by atomic mass is 16.5. The third kappa shape index (κ3) is 2.73. The second-order valence-corrected chi connectivity index (χ2v) is 5.27. The van der Waals surface area contributed by atoms with Crippen LogP contribution in [0.1, 0.15) is 27.2 Å². The molecule has 22 heavy (non-hydrogen) atoms. The van der Waals surface area contributed by atoms with Crippen molar-refractivity contribution in [2.75, 3.05) is 0 Å². The minimum atomic E-state index is -0.318. The molecule has 112 valence electrons. The van der Waals surface area contributed by atoms with Gasteiger partial charge in [-0.3, -0.25) is 0 Å². The van der Waals surface area contributed by atoms with Gasteiger partial charge in [0.15, 0.2) is 0 Å². The highest BCUT2D eigenvalue weighted by molar-refractivity contribution is 6.05. The second-order valence-electron chi connectivity index (χ2n) is 5.27. The molecule has 0 aliphatic rings. The first kappa shape index (κ1) is 14.4. The van der Waals surface area contributed by atoms with E-state index in [0.717, 1.165) is 27.7 Å². The van der Waals surface area contributed by atoms with Crippen molar-refractivity contribution in [1.82, 2.24) is 4.98 Å². The Balaban J connectivity index is 1.88. The van der Waals surface area contributed by atoms with Crippen LogP contribution in [0.5, 0.6) is 0 Å². The maximum atomic E-state index is 12.4. The summed E-state index contributed by atoms with van der Waals surface area (Å²) in [6.45, 7) is 2.59. The number of esters is 1. The zero-order valence-corrected chi connectivity index (χ0v) is 12.4. The van der Waals surface area contributed by atoms with E-state index in [1.165, 1.54) is 0 Å². The summed E-state index contributed by atoms with van der Waals surface area (Å²) in [5.41, 5.74) is 9.95. The van der Waals surface area contributed by atoms with Crippen LogP contribution in [-0.4, -0.2) is 11.0 Å². The van der Waals surface area contributed by atoms with Crippen LogP contribution in [0, 0.1) is 6.92 Å². The van der Waals surface area contributed by atoms with Gasteiger partial charge in [-0.2, -0.15) is 0 Å². The van der Waals surface area contributed by atoms with E-state index in [9.17, 15) is 4.79 Å². The van der Waals surface area contributed by atoms with E-state index in [1.807, 2.05) is 55.5 Å². The highest BCUT2D eigenvalue weighted by Gasteiger charge is 2.17. The third-order valence-electron chi connectivity index (χ3n) is 3.70. The van der Waals surface area contributed by atoms with Gasteiger partial charge in [-0.05, 0) is 30.2 Å². The van der Waals surface area contributed by atoms with Crippen LogP contribution in [-0.2, 0) is 17.9 Å². The van der Waals surface area contributed by atoms with Crippen LogP contribution in [0.2, 0.25) is 0 Å². The van der Waals surface area contributed by atoms with Crippen molar-refractivity contribution in [2.45, 2.75) is 20.1 Å². The molecule has 1 aromatic heterocycles. The summed E-state index contributed by atoms with van der Waals surface area (Å²) < 4.78 is 5.44. The van der Waals surface area contributed by atoms with Crippen LogP contribution in [0.3, 0.4) is 0 Å². The van der Waals surface area contributed by atoms with Crippen LogP contribution in [0.15, 0.2) is 48.5 Å². The predicted octanol–water partition coefficient (Wildman–Crippen LogP) is 3.29. The fourth-order valence-electron chi connectivity index (χ4n) is 2.56. The van der Waals surface area contributed by atoms with E-state index >= 15 is 0 Å². The maximum Gasteiger partial charge on any atom is 0.340 e. The highest BCUT2D eigenvalue weighted by Crippen LogP contribution is 2.24. The van der Waals surface area contributed by atoms with E-state index < -0.39 is 0 Å². The molecule has 0 radical (unpaired) electrons. The first-order valence-electron chi connectivity index (χ1n) is 7.21. The Bertz CT molecular complexity index is 807. The molecule has 0 saturated carbocycles. The number of carbonyl (C=O) groups is 1. The van der Waals surface area contributed by atoms with Crippen LogP contribution in [0.25, 0.3) is 10.9 Å². The van der Waals surface area contributed by atoms with Gasteiger partial charge in [0.05, 0.1) is 5.56 Å². The number of carbonyl (C=O) groups excluding carboxylic acids is 1. The lowest BCUT2D eigenvalue weighted by molar-refractivity contribution is 0.0474. The van der Waals surface area contributed by atoms with Gasteiger partial charge in [-0.15, -0.1) is 0 Å². The maximum absolute atomic E-state index is 12.4. The quantitative estimate of drug-likeness (QED) is 0.725. The number of fused-ring (bicyclic) bond motifs is 1. The van der Waals surface area contributed by atoms with Crippen molar-refractivity contribution in [3.05, 3.63) is 70.9 Å². The van der Waals surface area contributed by atoms with Crippen molar-refractivity contribution >= 4 is 16.9 Å². The number of aromatic nitrogens is 1. The standard InChI is InChI=1S/C18H18N2O2/c1-12-17(15-9-14(10-19)7-8-16(15)20-12)18(21)22-11-13-5-3-2-4-6-13/h2-9,20H,10-11,19H2,1H3. The zero-order chi connectivity index (χ0) is 15.5. The zero-order valence-electron chi connectivity index (χ0n) is 12.4. The van der Waals surface area contributed by atoms with Gasteiger partial charge in [0.2, 0.25) is 0 Å². The molecule has 0 aliphatic carbocycles. The number of nitrogens with one attached hydrogen (secondary N) is 1. The van der Waals surface area contributed by atoms with Crippen molar-refractivity contribution in [2.24, 2.45) is 5.73 Å². The summed E-state index contributed by atoms with van der Waals surface area (Å²) >= 11 is 0. The summed E-state index contributed by atoms with van der Waals surface area (Å²) in [6, 6.07) is 15.5. The Hall–Kier alpha value is -2.59. The van der Waals surface area contributed by atoms with Gasteiger partial charge in [0, 0.05) is 23.1 Å². The molecular weight excluding hydrogens is 276 g/mol. The second kappa shape index (κ2) is 6.03. The van der Waals surface area contributed by atoms with E-state index in [0.29, 0.717) is 12.1 Å². The summed E-state index contributed by atoms with van der Waals surface area (Å²) in [5, 5.41) is 0.860. The Morgan fingerprint density at radius 3 is 2.64 bits per heavy atom. The average Bonchev–Trinajstić information content (AvgIpc) is 2.88. The number of hydrogen-bond acceptors (Lipinski definition) is 3. The largest absolute Gasteiger partial charge is 0.457 e. The van der Waals surface area contributed by atoms with Crippen molar-refractivity contribution in [3.8, 4) is 0 Å². The molecule has 0 fully saturated rings. The van der Waals surface area contributed by atoms with E-state index in [2.05, 4.69) is 4.98 Å². The third-order valence-corrected chi connectivity index (χ3v) is 3.70. The van der Waals surface area contributed by atoms with Crippen molar-refractivity contribution < 1.29 is 9.53 Å². The van der Waals surface area contributed by atoms with E-state index in [4.69, 9.17) is 10.5 Å². The minimum absolute atomic E-state index is 0.266. The molecule has 3 N–H and O–H groups in total. The van der Waals surface area contributed by atoms with Crippen molar-refractivity contribution in [3.63, 3.8) is 0 Å². The molecule has 4 nitrogen and oxygen atoms in total. The summed E-state index contributed by atoms with van der Waals surface area (Å²) in [4.78, 5) is 15.7. The minimum Gasteiger partial charge on any atom is -0.457 e. The van der Waals surface area contributed by atoms with Crippen LogP contribution >= 0.6 is 0 Å². The molecule has 0 spiro atoms. The molecule has 3 aromatic rings.